The lowest BCUT2D eigenvalue weighted by Gasteiger charge is -2.37. The predicted octanol–water partition coefficient (Wildman–Crippen LogP) is 4.30. The number of hydrogen-bond acceptors (Lipinski definition) is 6. The van der Waals surface area contributed by atoms with Gasteiger partial charge in [0.05, 0.1) is 16.7 Å². The summed E-state index contributed by atoms with van der Waals surface area (Å²) in [5.74, 6) is 0.272. The number of rotatable bonds is 3. The second-order valence-corrected chi connectivity index (χ2v) is 8.36. The molecule has 0 spiro atoms. The Hall–Kier alpha value is -3.26. The van der Waals surface area contributed by atoms with E-state index >= 15 is 0 Å². The molecule has 0 unspecified atom stereocenters. The van der Waals surface area contributed by atoms with Gasteiger partial charge < -0.3 is 11.1 Å². The van der Waals surface area contributed by atoms with Crippen molar-refractivity contribution in [2.24, 2.45) is 7.05 Å². The van der Waals surface area contributed by atoms with Crippen LogP contribution in [0.2, 0.25) is 0 Å². The number of aromatic nitrogens is 6. The molecule has 1 aromatic carbocycles. The molecule has 0 amide bonds. The van der Waals surface area contributed by atoms with Crippen molar-refractivity contribution >= 4 is 22.5 Å². The first-order valence-electron chi connectivity index (χ1n) is 11.0. The van der Waals surface area contributed by atoms with Crippen LogP contribution in [0.3, 0.4) is 0 Å². The Bertz CT molecular complexity index is 1190. The van der Waals surface area contributed by atoms with Crippen LogP contribution < -0.4 is 11.1 Å². The van der Waals surface area contributed by atoms with E-state index < -0.39 is 0 Å². The molecular weight excluding hydrogens is 400 g/mol. The number of allylic oxidation sites excluding steroid dienone is 1. The Balaban J connectivity index is 0.000000218. The summed E-state index contributed by atoms with van der Waals surface area (Å²) in [6.07, 6.45) is 8.99. The highest BCUT2D eigenvalue weighted by Crippen LogP contribution is 2.30. The molecule has 4 aromatic rings. The van der Waals surface area contributed by atoms with Gasteiger partial charge in [-0.3, -0.25) is 0 Å². The van der Waals surface area contributed by atoms with Crippen molar-refractivity contribution in [1.82, 2.24) is 34.9 Å². The van der Waals surface area contributed by atoms with E-state index in [4.69, 9.17) is 5.73 Å². The van der Waals surface area contributed by atoms with E-state index in [0.29, 0.717) is 5.54 Å². The van der Waals surface area contributed by atoms with Gasteiger partial charge in [0.1, 0.15) is 5.52 Å². The number of nitrogen functional groups attached to an aromatic ring is 1. The minimum atomic E-state index is 0.272. The molecule has 8 nitrogen and oxygen atoms in total. The van der Waals surface area contributed by atoms with Gasteiger partial charge in [0.15, 0.2) is 0 Å². The molecule has 0 atom stereocenters. The Labute approximate surface area is 189 Å². The summed E-state index contributed by atoms with van der Waals surface area (Å²) in [6.45, 7) is 9.75. The van der Waals surface area contributed by atoms with Gasteiger partial charge in [-0.15, -0.1) is 16.8 Å². The smallest absolute Gasteiger partial charge is 0.238 e. The van der Waals surface area contributed by atoms with Crippen molar-refractivity contribution in [1.29, 1.82) is 0 Å². The third kappa shape index (κ3) is 4.96. The second-order valence-electron chi connectivity index (χ2n) is 8.36. The van der Waals surface area contributed by atoms with Gasteiger partial charge >= 0.3 is 0 Å². The standard InChI is InChI=1S/C14H13N7.C6H13N.C4H8/c1-8-13-10(5-6-21(13)18-14(15)16-8)9-3-4-11-12(7-9)20(2)19-17-11;1-6(7-2)4-3-5-6;1-3-4-2/h3-7H,1-2H3,(H2,15,18);7H,3-5H2,1-2H3;3H,1,4H2,2H3. The van der Waals surface area contributed by atoms with Crippen molar-refractivity contribution in [2.75, 3.05) is 12.8 Å². The average Bonchev–Trinajstić information content (AvgIpc) is 3.36. The fourth-order valence-electron chi connectivity index (χ4n) is 3.61. The van der Waals surface area contributed by atoms with Crippen LogP contribution in [0.15, 0.2) is 43.1 Å². The first kappa shape index (κ1) is 23.4. The van der Waals surface area contributed by atoms with Gasteiger partial charge in [-0.05, 0) is 70.3 Å². The fourth-order valence-corrected chi connectivity index (χ4v) is 3.61. The van der Waals surface area contributed by atoms with Crippen molar-refractivity contribution in [3.8, 4) is 11.1 Å². The molecule has 0 bridgehead atoms. The molecule has 3 N–H and O–H groups in total. The van der Waals surface area contributed by atoms with E-state index in [-0.39, 0.29) is 5.95 Å². The van der Waals surface area contributed by atoms with E-state index in [1.54, 1.807) is 9.20 Å². The number of benzene rings is 1. The summed E-state index contributed by atoms with van der Waals surface area (Å²) in [5.41, 5.74) is 12.0. The maximum atomic E-state index is 5.69. The summed E-state index contributed by atoms with van der Waals surface area (Å²) in [4.78, 5) is 4.25. The maximum absolute atomic E-state index is 5.69. The zero-order chi connectivity index (χ0) is 23.3. The van der Waals surface area contributed by atoms with Crippen LogP contribution in [-0.2, 0) is 7.05 Å². The van der Waals surface area contributed by atoms with Crippen molar-refractivity contribution in [2.45, 2.75) is 52.0 Å². The number of nitrogens with zero attached hydrogens (tertiary/aromatic N) is 6. The quantitative estimate of drug-likeness (QED) is 0.467. The molecule has 5 rings (SSSR count). The number of aryl methyl sites for hydroxylation is 2. The molecule has 32 heavy (non-hydrogen) atoms. The van der Waals surface area contributed by atoms with Gasteiger partial charge in [0.2, 0.25) is 5.95 Å². The van der Waals surface area contributed by atoms with Gasteiger partial charge in [0, 0.05) is 24.3 Å². The number of anilines is 1. The fraction of sp³-hybridized carbons (Fsp3) is 0.417. The highest BCUT2D eigenvalue weighted by Gasteiger charge is 2.28. The van der Waals surface area contributed by atoms with Crippen molar-refractivity contribution in [3.05, 3.63) is 48.8 Å². The number of hydrogen-bond donors (Lipinski definition) is 2. The van der Waals surface area contributed by atoms with Gasteiger partial charge in [-0.25, -0.2) is 14.2 Å². The Morgan fingerprint density at radius 2 is 2.00 bits per heavy atom. The van der Waals surface area contributed by atoms with Crippen molar-refractivity contribution < 1.29 is 0 Å². The third-order valence-corrected chi connectivity index (χ3v) is 5.97. The molecule has 170 valence electrons. The van der Waals surface area contributed by atoms with Gasteiger partial charge in [0.25, 0.3) is 0 Å². The van der Waals surface area contributed by atoms with Gasteiger partial charge in [-0.2, -0.15) is 0 Å². The normalized spacial score (nSPS) is 14.2. The first-order chi connectivity index (χ1) is 15.3. The molecule has 1 aliphatic carbocycles. The third-order valence-electron chi connectivity index (χ3n) is 5.97. The Morgan fingerprint density at radius 3 is 2.56 bits per heavy atom. The van der Waals surface area contributed by atoms with E-state index in [9.17, 15) is 0 Å². The largest absolute Gasteiger partial charge is 0.367 e. The molecule has 8 heteroatoms. The summed E-state index contributed by atoms with van der Waals surface area (Å²) in [7, 11) is 3.92. The van der Waals surface area contributed by atoms with Gasteiger partial charge in [-0.1, -0.05) is 24.3 Å². The average molecular weight is 435 g/mol. The van der Waals surface area contributed by atoms with Crippen LogP contribution in [-0.4, -0.2) is 42.2 Å². The SMILES string of the molecule is C=CCC.CNC1(C)CCC1.Cc1nc(N)nn2ccc(-c3ccc4nnn(C)c4c3)c12. The molecule has 0 saturated heterocycles. The number of nitrogens with two attached hydrogens (primary N) is 1. The molecule has 1 aliphatic rings. The van der Waals surface area contributed by atoms with Crippen LogP contribution in [0.4, 0.5) is 5.95 Å². The Kier molecular flexibility index (Phi) is 7.25. The summed E-state index contributed by atoms with van der Waals surface area (Å²) < 4.78 is 3.52. The maximum Gasteiger partial charge on any atom is 0.238 e. The zero-order valence-corrected chi connectivity index (χ0v) is 19.8. The summed E-state index contributed by atoms with van der Waals surface area (Å²) in [5, 5.41) is 15.6. The molecule has 1 saturated carbocycles. The second kappa shape index (κ2) is 9.91. The molecule has 3 aromatic heterocycles. The minimum Gasteiger partial charge on any atom is -0.367 e. The predicted molar refractivity (Wildman–Crippen MR) is 131 cm³/mol. The number of nitrogens with one attached hydrogen (secondary N) is 1. The van der Waals surface area contributed by atoms with E-state index in [2.05, 4.69) is 52.2 Å². The summed E-state index contributed by atoms with van der Waals surface area (Å²) in [6, 6.07) is 8.08. The van der Waals surface area contributed by atoms with Crippen LogP contribution in [0.5, 0.6) is 0 Å². The highest BCUT2D eigenvalue weighted by atomic mass is 15.4. The monoisotopic (exact) mass is 434 g/mol. The highest BCUT2D eigenvalue weighted by molar-refractivity contribution is 5.88. The van der Waals surface area contributed by atoms with E-state index in [1.165, 1.54) is 19.3 Å². The lowest BCUT2D eigenvalue weighted by atomic mass is 9.79. The van der Waals surface area contributed by atoms with Crippen LogP contribution in [0.25, 0.3) is 27.7 Å². The summed E-state index contributed by atoms with van der Waals surface area (Å²) >= 11 is 0. The molecule has 0 aliphatic heterocycles. The molecule has 1 fully saturated rings. The zero-order valence-electron chi connectivity index (χ0n) is 19.8. The molecular formula is C24H34N8. The van der Waals surface area contributed by atoms with Crippen LogP contribution in [0.1, 0.15) is 45.2 Å². The van der Waals surface area contributed by atoms with Crippen molar-refractivity contribution in [3.63, 3.8) is 0 Å². The Morgan fingerprint density at radius 1 is 1.28 bits per heavy atom. The number of fused-ring (bicyclic) bond motifs is 2. The van der Waals surface area contributed by atoms with E-state index in [1.807, 2.05) is 51.5 Å². The van der Waals surface area contributed by atoms with E-state index in [0.717, 1.165) is 39.8 Å². The lowest BCUT2D eigenvalue weighted by Crippen LogP contribution is -2.45. The molecule has 0 radical (unpaired) electrons. The first-order valence-corrected chi connectivity index (χ1v) is 11.0. The minimum absolute atomic E-state index is 0.272. The molecule has 3 heterocycles. The topological polar surface area (TPSA) is 98.9 Å². The van der Waals surface area contributed by atoms with Crippen LogP contribution >= 0.6 is 0 Å². The lowest BCUT2D eigenvalue weighted by molar-refractivity contribution is 0.225. The van der Waals surface area contributed by atoms with Crippen LogP contribution in [0, 0.1) is 6.92 Å².